The van der Waals surface area contributed by atoms with Crippen molar-refractivity contribution in [3.63, 3.8) is 0 Å². The Morgan fingerprint density at radius 2 is 2.27 bits per heavy atom. The van der Waals surface area contributed by atoms with Gasteiger partial charge in [-0.15, -0.1) is 0 Å². The van der Waals surface area contributed by atoms with Crippen LogP contribution >= 0.6 is 15.9 Å². The van der Waals surface area contributed by atoms with Gasteiger partial charge in [0.1, 0.15) is 5.82 Å². The van der Waals surface area contributed by atoms with Crippen molar-refractivity contribution in [2.75, 3.05) is 13.1 Å². The highest BCUT2D eigenvalue weighted by molar-refractivity contribution is 9.10. The van der Waals surface area contributed by atoms with Gasteiger partial charge in [0.15, 0.2) is 0 Å². The lowest BCUT2D eigenvalue weighted by molar-refractivity contribution is 0.326. The largest absolute Gasteiger partial charge is 0.326 e. The monoisotopic (exact) mass is 272 g/mol. The molecule has 1 aromatic carbocycles. The minimum absolute atomic E-state index is 0.192. The van der Waals surface area contributed by atoms with E-state index in [1.54, 1.807) is 6.07 Å². The van der Waals surface area contributed by atoms with E-state index in [9.17, 15) is 4.39 Å². The molecule has 0 aliphatic carbocycles. The summed E-state index contributed by atoms with van der Waals surface area (Å²) >= 11 is 3.29. The zero-order valence-corrected chi connectivity index (χ0v) is 10.0. The van der Waals surface area contributed by atoms with Gasteiger partial charge in [0.2, 0.25) is 0 Å². The maximum absolute atomic E-state index is 13.1. The van der Waals surface area contributed by atoms with Crippen LogP contribution in [0.5, 0.6) is 0 Å². The molecule has 2 nitrogen and oxygen atoms in total. The Bertz CT molecular complexity index is 336. The molecular formula is C11H14BrFN2. The average molecular weight is 273 g/mol. The topological polar surface area (TPSA) is 29.3 Å². The number of benzene rings is 1. The molecule has 0 aromatic heterocycles. The lowest BCUT2D eigenvalue weighted by atomic mass is 10.2. The summed E-state index contributed by atoms with van der Waals surface area (Å²) in [7, 11) is 0. The predicted molar refractivity (Wildman–Crippen MR) is 62.0 cm³/mol. The van der Waals surface area contributed by atoms with Gasteiger partial charge < -0.3 is 5.73 Å². The van der Waals surface area contributed by atoms with Crippen LogP contribution in [0.3, 0.4) is 0 Å². The summed E-state index contributed by atoms with van der Waals surface area (Å²) in [5.41, 5.74) is 6.81. The maximum atomic E-state index is 13.1. The molecule has 2 N–H and O–H groups in total. The molecule has 4 heteroatoms. The van der Waals surface area contributed by atoms with Crippen molar-refractivity contribution < 1.29 is 4.39 Å². The summed E-state index contributed by atoms with van der Waals surface area (Å²) < 4.78 is 13.9. The fourth-order valence-electron chi connectivity index (χ4n) is 1.97. The number of nitrogens with two attached hydrogens (primary N) is 1. The molecule has 1 unspecified atom stereocenters. The highest BCUT2D eigenvalue weighted by Gasteiger charge is 2.18. The highest BCUT2D eigenvalue weighted by atomic mass is 79.9. The first-order chi connectivity index (χ1) is 7.13. The van der Waals surface area contributed by atoms with Gasteiger partial charge in [0.05, 0.1) is 0 Å². The SMILES string of the molecule is NC1CCN(Cc2cc(F)cc(Br)c2)C1. The van der Waals surface area contributed by atoms with E-state index in [1.165, 1.54) is 6.07 Å². The van der Waals surface area contributed by atoms with Gasteiger partial charge in [-0.05, 0) is 30.2 Å². The van der Waals surface area contributed by atoms with Crippen LogP contribution in [0.25, 0.3) is 0 Å². The van der Waals surface area contributed by atoms with Crippen molar-refractivity contribution in [1.29, 1.82) is 0 Å². The van der Waals surface area contributed by atoms with E-state index in [-0.39, 0.29) is 11.9 Å². The van der Waals surface area contributed by atoms with Crippen LogP contribution in [0.15, 0.2) is 22.7 Å². The molecule has 1 aliphatic heterocycles. The van der Waals surface area contributed by atoms with E-state index in [2.05, 4.69) is 20.8 Å². The summed E-state index contributed by atoms with van der Waals surface area (Å²) in [4.78, 5) is 2.26. The number of likely N-dealkylation sites (tertiary alicyclic amines) is 1. The molecule has 0 amide bonds. The Balaban J connectivity index is 2.04. The van der Waals surface area contributed by atoms with Crippen molar-refractivity contribution in [2.45, 2.75) is 19.0 Å². The molecule has 82 valence electrons. The molecule has 0 saturated carbocycles. The van der Waals surface area contributed by atoms with E-state index in [0.29, 0.717) is 0 Å². The zero-order chi connectivity index (χ0) is 10.8. The lowest BCUT2D eigenvalue weighted by Crippen LogP contribution is -2.26. The minimum atomic E-state index is -0.192. The van der Waals surface area contributed by atoms with Crippen LogP contribution in [-0.2, 0) is 6.54 Å². The first-order valence-corrected chi connectivity index (χ1v) is 5.86. The highest BCUT2D eigenvalue weighted by Crippen LogP contribution is 2.18. The van der Waals surface area contributed by atoms with Gasteiger partial charge in [-0.25, -0.2) is 4.39 Å². The summed E-state index contributed by atoms with van der Waals surface area (Å²) in [6.07, 6.45) is 1.04. The fourth-order valence-corrected chi connectivity index (χ4v) is 2.48. The summed E-state index contributed by atoms with van der Waals surface area (Å²) in [6.45, 7) is 2.70. The second-order valence-corrected chi connectivity index (χ2v) is 4.98. The predicted octanol–water partition coefficient (Wildman–Crippen LogP) is 2.12. The molecule has 1 saturated heterocycles. The maximum Gasteiger partial charge on any atom is 0.124 e. The van der Waals surface area contributed by atoms with Crippen molar-refractivity contribution in [2.24, 2.45) is 5.73 Å². The molecule has 0 spiro atoms. The van der Waals surface area contributed by atoms with E-state index in [1.807, 2.05) is 6.07 Å². The zero-order valence-electron chi connectivity index (χ0n) is 8.42. The van der Waals surface area contributed by atoms with Crippen molar-refractivity contribution >= 4 is 15.9 Å². The van der Waals surface area contributed by atoms with Gasteiger partial charge in [-0.2, -0.15) is 0 Å². The summed E-state index contributed by atoms with van der Waals surface area (Å²) in [6, 6.07) is 5.28. The molecular weight excluding hydrogens is 259 g/mol. The molecule has 1 heterocycles. The van der Waals surface area contributed by atoms with Gasteiger partial charge in [-0.1, -0.05) is 15.9 Å². The Labute approximate surface area is 97.4 Å². The van der Waals surface area contributed by atoms with Gasteiger partial charge in [0.25, 0.3) is 0 Å². The third-order valence-electron chi connectivity index (χ3n) is 2.64. The smallest absolute Gasteiger partial charge is 0.124 e. The molecule has 15 heavy (non-hydrogen) atoms. The van der Waals surface area contributed by atoms with Crippen molar-refractivity contribution in [3.05, 3.63) is 34.1 Å². The third kappa shape index (κ3) is 3.00. The van der Waals surface area contributed by atoms with Crippen LogP contribution in [-0.4, -0.2) is 24.0 Å². The van der Waals surface area contributed by atoms with Crippen LogP contribution in [0.4, 0.5) is 4.39 Å². The molecule has 2 rings (SSSR count). The second-order valence-electron chi connectivity index (χ2n) is 4.06. The van der Waals surface area contributed by atoms with Crippen LogP contribution in [0.2, 0.25) is 0 Å². The van der Waals surface area contributed by atoms with Crippen LogP contribution < -0.4 is 5.73 Å². The Morgan fingerprint density at radius 1 is 1.47 bits per heavy atom. The fraction of sp³-hybridized carbons (Fsp3) is 0.455. The van der Waals surface area contributed by atoms with E-state index in [0.717, 1.165) is 36.1 Å². The van der Waals surface area contributed by atoms with Gasteiger partial charge >= 0.3 is 0 Å². The Hall–Kier alpha value is -0.450. The number of hydrogen-bond donors (Lipinski definition) is 1. The number of hydrogen-bond acceptors (Lipinski definition) is 2. The molecule has 1 fully saturated rings. The number of rotatable bonds is 2. The number of halogens is 2. The first-order valence-electron chi connectivity index (χ1n) is 5.06. The Kier molecular flexibility index (Phi) is 3.38. The first kappa shape index (κ1) is 11.0. The van der Waals surface area contributed by atoms with Gasteiger partial charge in [0, 0.05) is 30.1 Å². The second kappa shape index (κ2) is 4.60. The van der Waals surface area contributed by atoms with E-state index < -0.39 is 0 Å². The quantitative estimate of drug-likeness (QED) is 0.894. The summed E-state index contributed by atoms with van der Waals surface area (Å²) in [5, 5.41) is 0. The standard InChI is InChI=1S/C11H14BrFN2/c12-9-3-8(4-10(13)5-9)6-15-2-1-11(14)7-15/h3-5,11H,1-2,6-7,14H2. The average Bonchev–Trinajstić information content (AvgIpc) is 2.49. The molecule has 1 atom stereocenters. The normalized spacial score (nSPS) is 22.2. The molecule has 1 aromatic rings. The van der Waals surface area contributed by atoms with E-state index >= 15 is 0 Å². The molecule has 0 bridgehead atoms. The van der Waals surface area contributed by atoms with E-state index in [4.69, 9.17) is 5.73 Å². The number of nitrogens with zero attached hydrogens (tertiary/aromatic N) is 1. The van der Waals surface area contributed by atoms with Crippen molar-refractivity contribution in [1.82, 2.24) is 4.90 Å². The third-order valence-corrected chi connectivity index (χ3v) is 3.10. The van der Waals surface area contributed by atoms with Gasteiger partial charge in [-0.3, -0.25) is 4.90 Å². The van der Waals surface area contributed by atoms with Crippen molar-refractivity contribution in [3.8, 4) is 0 Å². The summed E-state index contributed by atoms with van der Waals surface area (Å²) in [5.74, 6) is -0.192. The molecule has 1 aliphatic rings. The molecule has 0 radical (unpaired) electrons. The van der Waals surface area contributed by atoms with Crippen LogP contribution in [0, 0.1) is 5.82 Å². The van der Waals surface area contributed by atoms with Crippen LogP contribution in [0.1, 0.15) is 12.0 Å². The lowest BCUT2D eigenvalue weighted by Gasteiger charge is -2.15. The minimum Gasteiger partial charge on any atom is -0.326 e. The Morgan fingerprint density at radius 3 is 2.87 bits per heavy atom.